The molecular formula is C24H20N6O. The minimum atomic E-state index is 0.435. The topological polar surface area (TPSA) is 81.5 Å². The van der Waals surface area contributed by atoms with Crippen LogP contribution in [0.15, 0.2) is 85.7 Å². The van der Waals surface area contributed by atoms with Crippen LogP contribution in [-0.4, -0.2) is 29.7 Å². The smallest absolute Gasteiger partial charge is 0.132 e. The van der Waals surface area contributed by atoms with Gasteiger partial charge in [0.25, 0.3) is 0 Å². The number of aryl methyl sites for hydroxylation is 1. The maximum Gasteiger partial charge on any atom is 0.132 e. The van der Waals surface area contributed by atoms with Crippen LogP contribution in [0, 0.1) is 0 Å². The molecule has 5 aromatic rings. The van der Waals surface area contributed by atoms with E-state index in [4.69, 9.17) is 4.74 Å². The Bertz CT molecular complexity index is 1290. The molecule has 0 bridgehead atoms. The van der Waals surface area contributed by atoms with Gasteiger partial charge in [-0.25, -0.2) is 4.98 Å². The summed E-state index contributed by atoms with van der Waals surface area (Å²) in [6, 6.07) is 17.8. The number of hydrogen-bond acceptors (Lipinski definition) is 5. The predicted molar refractivity (Wildman–Crippen MR) is 118 cm³/mol. The second kappa shape index (κ2) is 8.23. The summed E-state index contributed by atoms with van der Waals surface area (Å²) in [5.41, 5.74) is 6.52. The highest BCUT2D eigenvalue weighted by Gasteiger charge is 2.12. The third-order valence-corrected chi connectivity index (χ3v) is 4.93. The Morgan fingerprint density at radius 1 is 0.903 bits per heavy atom. The molecule has 0 saturated carbocycles. The summed E-state index contributed by atoms with van der Waals surface area (Å²) in [4.78, 5) is 13.3. The molecule has 0 radical (unpaired) electrons. The Morgan fingerprint density at radius 2 is 1.77 bits per heavy atom. The van der Waals surface area contributed by atoms with Crippen molar-refractivity contribution < 1.29 is 4.74 Å². The molecule has 5 rings (SSSR count). The molecule has 152 valence electrons. The summed E-state index contributed by atoms with van der Waals surface area (Å²) in [6.07, 6.45) is 9.11. The fraction of sp³-hybridized carbons (Fsp3) is 0.0833. The van der Waals surface area contributed by atoms with Crippen LogP contribution in [0.25, 0.3) is 33.8 Å². The van der Waals surface area contributed by atoms with E-state index in [9.17, 15) is 0 Å². The highest BCUT2D eigenvalue weighted by Crippen LogP contribution is 2.31. The predicted octanol–water partition coefficient (Wildman–Crippen LogP) is 4.51. The van der Waals surface area contributed by atoms with Gasteiger partial charge in [-0.1, -0.05) is 6.07 Å². The van der Waals surface area contributed by atoms with Crippen LogP contribution in [0.5, 0.6) is 5.75 Å². The summed E-state index contributed by atoms with van der Waals surface area (Å²) >= 11 is 0. The zero-order valence-electron chi connectivity index (χ0n) is 16.9. The zero-order valence-corrected chi connectivity index (χ0v) is 16.9. The van der Waals surface area contributed by atoms with Crippen molar-refractivity contribution in [3.63, 3.8) is 0 Å². The van der Waals surface area contributed by atoms with Gasteiger partial charge in [-0.15, -0.1) is 0 Å². The van der Waals surface area contributed by atoms with Gasteiger partial charge >= 0.3 is 0 Å². The first-order chi connectivity index (χ1) is 15.3. The number of nitrogens with one attached hydrogen (secondary N) is 1. The van der Waals surface area contributed by atoms with Crippen molar-refractivity contribution in [2.45, 2.75) is 6.61 Å². The van der Waals surface area contributed by atoms with Crippen molar-refractivity contribution in [1.82, 2.24) is 29.7 Å². The number of aromatic nitrogens is 6. The molecule has 0 aliphatic carbocycles. The van der Waals surface area contributed by atoms with E-state index in [2.05, 4.69) is 31.2 Å². The van der Waals surface area contributed by atoms with Gasteiger partial charge in [0.05, 0.1) is 35.3 Å². The molecule has 0 amide bonds. The second-order valence-electron chi connectivity index (χ2n) is 7.15. The molecule has 0 unspecified atom stereocenters. The standard InChI is InChI=1S/C24H20N6O/c1-30-14-19(27-16-30)15-31-20-7-5-17(6-8-20)23-12-18(9-11-26-23)21-13-28-29-24(21)22-4-2-3-10-25-22/h2-14,16H,15H2,1H3,(H,28,29). The molecule has 1 N–H and O–H groups in total. The van der Waals surface area contributed by atoms with Crippen molar-refractivity contribution in [2.75, 3.05) is 0 Å². The Hall–Kier alpha value is -4.26. The van der Waals surface area contributed by atoms with Gasteiger partial charge in [0.2, 0.25) is 0 Å². The van der Waals surface area contributed by atoms with Crippen molar-refractivity contribution in [1.29, 1.82) is 0 Å². The number of H-pyrrole nitrogens is 1. The molecule has 7 nitrogen and oxygen atoms in total. The Kier molecular flexibility index (Phi) is 4.98. The number of rotatable bonds is 6. The SMILES string of the molecule is Cn1cnc(COc2ccc(-c3cc(-c4cn[nH]c4-c4ccccn4)ccn3)cc2)c1. The summed E-state index contributed by atoms with van der Waals surface area (Å²) in [6.45, 7) is 0.435. The summed E-state index contributed by atoms with van der Waals surface area (Å²) in [5.74, 6) is 0.790. The van der Waals surface area contributed by atoms with Crippen molar-refractivity contribution in [3.8, 4) is 39.5 Å². The van der Waals surface area contributed by atoms with Crippen molar-refractivity contribution in [2.24, 2.45) is 7.05 Å². The summed E-state index contributed by atoms with van der Waals surface area (Å²) in [7, 11) is 1.94. The van der Waals surface area contributed by atoms with Gasteiger partial charge < -0.3 is 9.30 Å². The van der Waals surface area contributed by atoms with Crippen LogP contribution in [0.2, 0.25) is 0 Å². The lowest BCUT2D eigenvalue weighted by molar-refractivity contribution is 0.302. The average Bonchev–Trinajstić information content (AvgIpc) is 3.48. The number of hydrogen-bond donors (Lipinski definition) is 1. The number of nitrogens with zero attached hydrogens (tertiary/aromatic N) is 5. The largest absolute Gasteiger partial charge is 0.487 e. The molecule has 0 fully saturated rings. The van der Waals surface area contributed by atoms with Gasteiger partial charge in [-0.2, -0.15) is 5.10 Å². The number of pyridine rings is 2. The van der Waals surface area contributed by atoms with Crippen molar-refractivity contribution in [3.05, 3.63) is 91.4 Å². The molecule has 31 heavy (non-hydrogen) atoms. The van der Waals surface area contributed by atoms with E-state index in [1.165, 1.54) is 0 Å². The third kappa shape index (κ3) is 4.06. The van der Waals surface area contributed by atoms with Crippen LogP contribution in [0.4, 0.5) is 0 Å². The molecule has 7 heteroatoms. The number of imidazole rings is 1. The average molecular weight is 408 g/mol. The van der Waals surface area contributed by atoms with Gasteiger partial charge in [-0.05, 0) is 54.1 Å². The van der Waals surface area contributed by atoms with E-state index in [1.54, 1.807) is 12.5 Å². The van der Waals surface area contributed by atoms with Crippen LogP contribution in [-0.2, 0) is 13.7 Å². The van der Waals surface area contributed by atoms with Gasteiger partial charge in [0.1, 0.15) is 12.4 Å². The Labute approximate surface area is 179 Å². The first-order valence-corrected chi connectivity index (χ1v) is 9.87. The van der Waals surface area contributed by atoms with Crippen LogP contribution < -0.4 is 4.74 Å². The van der Waals surface area contributed by atoms with Crippen LogP contribution >= 0.6 is 0 Å². The van der Waals surface area contributed by atoms with E-state index in [1.807, 2.05) is 78.7 Å². The maximum absolute atomic E-state index is 5.83. The molecule has 0 aliphatic rings. The number of ether oxygens (including phenoxy) is 1. The Morgan fingerprint density at radius 3 is 2.55 bits per heavy atom. The number of aromatic amines is 1. The molecule has 0 saturated heterocycles. The lowest BCUT2D eigenvalue weighted by Gasteiger charge is -2.08. The molecule has 1 aromatic carbocycles. The van der Waals surface area contributed by atoms with E-state index in [0.717, 1.165) is 45.2 Å². The lowest BCUT2D eigenvalue weighted by atomic mass is 10.0. The molecule has 4 aromatic heterocycles. The highest BCUT2D eigenvalue weighted by atomic mass is 16.5. The molecule has 0 spiro atoms. The third-order valence-electron chi connectivity index (χ3n) is 4.93. The van der Waals surface area contributed by atoms with Gasteiger partial charge in [-0.3, -0.25) is 15.1 Å². The van der Waals surface area contributed by atoms with E-state index >= 15 is 0 Å². The fourth-order valence-electron chi connectivity index (χ4n) is 3.39. The lowest BCUT2D eigenvalue weighted by Crippen LogP contribution is -1.95. The fourth-order valence-corrected chi connectivity index (χ4v) is 3.39. The van der Waals surface area contributed by atoms with E-state index in [-0.39, 0.29) is 0 Å². The second-order valence-corrected chi connectivity index (χ2v) is 7.15. The van der Waals surface area contributed by atoms with Crippen LogP contribution in [0.3, 0.4) is 0 Å². The van der Waals surface area contributed by atoms with E-state index in [0.29, 0.717) is 6.61 Å². The normalized spacial score (nSPS) is 10.9. The monoisotopic (exact) mass is 408 g/mol. The van der Waals surface area contributed by atoms with Crippen LogP contribution in [0.1, 0.15) is 5.69 Å². The molecule has 0 aliphatic heterocycles. The van der Waals surface area contributed by atoms with Gasteiger partial charge in [0.15, 0.2) is 0 Å². The minimum absolute atomic E-state index is 0.435. The minimum Gasteiger partial charge on any atom is -0.487 e. The Balaban J connectivity index is 1.37. The number of benzene rings is 1. The first kappa shape index (κ1) is 18.7. The maximum atomic E-state index is 5.83. The van der Waals surface area contributed by atoms with E-state index < -0.39 is 0 Å². The molecule has 4 heterocycles. The first-order valence-electron chi connectivity index (χ1n) is 9.87. The summed E-state index contributed by atoms with van der Waals surface area (Å²) < 4.78 is 7.73. The molecular weight excluding hydrogens is 388 g/mol. The van der Waals surface area contributed by atoms with Gasteiger partial charge in [0, 0.05) is 36.8 Å². The van der Waals surface area contributed by atoms with Crippen molar-refractivity contribution >= 4 is 0 Å². The quantitative estimate of drug-likeness (QED) is 0.447. The molecule has 0 atom stereocenters. The highest BCUT2D eigenvalue weighted by molar-refractivity contribution is 5.80. The summed E-state index contributed by atoms with van der Waals surface area (Å²) in [5, 5.41) is 7.29. The zero-order chi connectivity index (χ0) is 21.0.